The lowest BCUT2D eigenvalue weighted by Gasteiger charge is -2.11. The van der Waals surface area contributed by atoms with Crippen molar-refractivity contribution in [1.29, 1.82) is 0 Å². The van der Waals surface area contributed by atoms with Gasteiger partial charge in [0.2, 0.25) is 0 Å². The molecule has 7 nitrogen and oxygen atoms in total. The minimum Gasteiger partial charge on any atom is -0.493 e. The molecular weight excluding hydrogens is 372 g/mol. The van der Waals surface area contributed by atoms with Crippen molar-refractivity contribution in [3.63, 3.8) is 0 Å². The normalized spacial score (nSPS) is 12.7. The molecule has 1 fully saturated rings. The van der Waals surface area contributed by atoms with Crippen molar-refractivity contribution in [2.45, 2.75) is 32.2 Å². The maximum Gasteiger partial charge on any atom is 0.309 e. The van der Waals surface area contributed by atoms with Gasteiger partial charge in [0.25, 0.3) is 11.8 Å². The number of carbonyl (C=O) groups is 3. The molecule has 0 radical (unpaired) electrons. The van der Waals surface area contributed by atoms with Gasteiger partial charge >= 0.3 is 5.97 Å². The molecule has 2 aromatic carbocycles. The van der Waals surface area contributed by atoms with Crippen LogP contribution in [0.15, 0.2) is 48.5 Å². The highest BCUT2D eigenvalue weighted by Gasteiger charge is 2.25. The summed E-state index contributed by atoms with van der Waals surface area (Å²) in [6.45, 7) is 1.71. The zero-order chi connectivity index (χ0) is 20.6. The Hall–Kier alpha value is -3.35. The van der Waals surface area contributed by atoms with Gasteiger partial charge in [-0.15, -0.1) is 0 Å². The number of ether oxygens (including phenoxy) is 2. The van der Waals surface area contributed by atoms with E-state index in [0.717, 1.165) is 18.4 Å². The van der Waals surface area contributed by atoms with Crippen LogP contribution in [0.3, 0.4) is 0 Å². The number of nitrogens with one attached hydrogen (secondary N) is 2. The smallest absolute Gasteiger partial charge is 0.309 e. The van der Waals surface area contributed by atoms with Crippen LogP contribution in [0.2, 0.25) is 0 Å². The molecule has 0 heterocycles. The minimum absolute atomic E-state index is 0.0293. The van der Waals surface area contributed by atoms with Crippen molar-refractivity contribution in [3.8, 4) is 5.75 Å². The largest absolute Gasteiger partial charge is 0.493 e. The van der Waals surface area contributed by atoms with Crippen LogP contribution < -0.4 is 15.4 Å². The molecule has 152 valence electrons. The summed E-state index contributed by atoms with van der Waals surface area (Å²) in [4.78, 5) is 36.2. The summed E-state index contributed by atoms with van der Waals surface area (Å²) in [6.07, 6.45) is 1.98. The Balaban J connectivity index is 1.40. The zero-order valence-electron chi connectivity index (χ0n) is 16.3. The van der Waals surface area contributed by atoms with Gasteiger partial charge in [-0.2, -0.15) is 0 Å². The molecule has 1 saturated carbocycles. The van der Waals surface area contributed by atoms with E-state index in [1.54, 1.807) is 24.3 Å². The first-order valence-corrected chi connectivity index (χ1v) is 9.56. The lowest BCUT2D eigenvalue weighted by Crippen LogP contribution is -2.28. The third-order valence-corrected chi connectivity index (χ3v) is 4.32. The van der Waals surface area contributed by atoms with Crippen LogP contribution in [-0.4, -0.2) is 37.0 Å². The van der Waals surface area contributed by atoms with Gasteiger partial charge in [-0.05, 0) is 44.0 Å². The maximum absolute atomic E-state index is 12.3. The molecule has 0 unspecified atom stereocenters. The maximum atomic E-state index is 12.3. The van der Waals surface area contributed by atoms with Crippen molar-refractivity contribution in [1.82, 2.24) is 5.32 Å². The molecular formula is C22H24N2O5. The molecule has 1 aliphatic rings. The number of carbonyl (C=O) groups excluding carboxylic acids is 3. The number of amides is 2. The lowest BCUT2D eigenvalue weighted by atomic mass is 10.1. The van der Waals surface area contributed by atoms with Gasteiger partial charge in [0.05, 0.1) is 24.3 Å². The van der Waals surface area contributed by atoms with Crippen LogP contribution in [-0.2, 0) is 14.3 Å². The Bertz CT molecular complexity index is 875. The highest BCUT2D eigenvalue weighted by Crippen LogP contribution is 2.21. The highest BCUT2D eigenvalue weighted by atomic mass is 16.5. The van der Waals surface area contributed by atoms with E-state index in [2.05, 4.69) is 10.6 Å². The van der Waals surface area contributed by atoms with Crippen LogP contribution in [0.5, 0.6) is 5.75 Å². The second-order valence-electron chi connectivity index (χ2n) is 6.91. The fraction of sp³-hybridized carbons (Fsp3) is 0.318. The molecule has 2 amide bonds. The first-order valence-electron chi connectivity index (χ1n) is 9.56. The van der Waals surface area contributed by atoms with Crippen molar-refractivity contribution >= 4 is 23.5 Å². The van der Waals surface area contributed by atoms with Gasteiger partial charge in [0.15, 0.2) is 6.61 Å². The van der Waals surface area contributed by atoms with Crippen molar-refractivity contribution in [3.05, 3.63) is 59.7 Å². The Morgan fingerprint density at radius 2 is 1.76 bits per heavy atom. The van der Waals surface area contributed by atoms with Gasteiger partial charge in [-0.1, -0.05) is 29.8 Å². The molecule has 0 aliphatic heterocycles. The molecule has 0 saturated heterocycles. The quantitative estimate of drug-likeness (QED) is 0.636. The molecule has 0 spiro atoms. The Labute approximate surface area is 169 Å². The summed E-state index contributed by atoms with van der Waals surface area (Å²) in [5.41, 5.74) is 1.88. The molecule has 0 aromatic heterocycles. The van der Waals surface area contributed by atoms with Crippen LogP contribution in [0.25, 0.3) is 0 Å². The van der Waals surface area contributed by atoms with Gasteiger partial charge in [0.1, 0.15) is 5.75 Å². The van der Waals surface area contributed by atoms with Gasteiger partial charge in [0, 0.05) is 6.04 Å². The molecule has 1 aliphatic carbocycles. The van der Waals surface area contributed by atoms with Crippen LogP contribution in [0, 0.1) is 6.92 Å². The SMILES string of the molecule is Cc1ccc(OCCC(=O)OCC(=O)Nc2ccccc2C(=O)NC2CC2)cc1. The van der Waals surface area contributed by atoms with E-state index in [-0.39, 0.29) is 25.0 Å². The Kier molecular flexibility index (Phi) is 6.84. The van der Waals surface area contributed by atoms with Crippen LogP contribution >= 0.6 is 0 Å². The summed E-state index contributed by atoms with van der Waals surface area (Å²) in [7, 11) is 0. The third-order valence-electron chi connectivity index (χ3n) is 4.32. The van der Waals surface area contributed by atoms with E-state index in [0.29, 0.717) is 17.0 Å². The van der Waals surface area contributed by atoms with E-state index >= 15 is 0 Å². The van der Waals surface area contributed by atoms with E-state index < -0.39 is 18.5 Å². The summed E-state index contributed by atoms with van der Waals surface area (Å²) in [5.74, 6) is -0.604. The predicted molar refractivity (Wildman–Crippen MR) is 108 cm³/mol. The second-order valence-corrected chi connectivity index (χ2v) is 6.91. The number of hydrogen-bond donors (Lipinski definition) is 2. The molecule has 2 N–H and O–H groups in total. The summed E-state index contributed by atoms with van der Waals surface area (Å²) < 4.78 is 10.4. The van der Waals surface area contributed by atoms with Gasteiger partial charge in [-0.3, -0.25) is 14.4 Å². The van der Waals surface area contributed by atoms with E-state index in [1.165, 1.54) is 0 Å². The average molecular weight is 396 g/mol. The molecule has 3 rings (SSSR count). The minimum atomic E-state index is -0.535. The van der Waals surface area contributed by atoms with Crippen LogP contribution in [0.4, 0.5) is 5.69 Å². The molecule has 0 atom stereocenters. The number of esters is 1. The fourth-order valence-electron chi connectivity index (χ4n) is 2.57. The lowest BCUT2D eigenvalue weighted by molar-refractivity contribution is -0.147. The summed E-state index contributed by atoms with van der Waals surface area (Å²) >= 11 is 0. The predicted octanol–water partition coefficient (Wildman–Crippen LogP) is 2.84. The molecule has 2 aromatic rings. The monoisotopic (exact) mass is 396 g/mol. The topological polar surface area (TPSA) is 93.7 Å². The number of rotatable bonds is 9. The summed E-state index contributed by atoms with van der Waals surface area (Å²) in [5, 5.41) is 5.50. The zero-order valence-corrected chi connectivity index (χ0v) is 16.3. The molecule has 7 heteroatoms. The number of anilines is 1. The van der Waals surface area contributed by atoms with Crippen molar-refractivity contribution in [2.75, 3.05) is 18.5 Å². The van der Waals surface area contributed by atoms with Crippen molar-refractivity contribution < 1.29 is 23.9 Å². The van der Waals surface area contributed by atoms with E-state index in [9.17, 15) is 14.4 Å². The Morgan fingerprint density at radius 1 is 1.03 bits per heavy atom. The molecule has 29 heavy (non-hydrogen) atoms. The fourth-order valence-corrected chi connectivity index (χ4v) is 2.57. The highest BCUT2D eigenvalue weighted by molar-refractivity contribution is 6.04. The number of para-hydroxylation sites is 1. The van der Waals surface area contributed by atoms with Crippen molar-refractivity contribution in [2.24, 2.45) is 0 Å². The van der Waals surface area contributed by atoms with Gasteiger partial charge in [-0.25, -0.2) is 0 Å². The number of aryl methyl sites for hydroxylation is 1. The standard InChI is InChI=1S/C22H24N2O5/c1-15-6-10-17(11-7-15)28-13-12-21(26)29-14-20(25)24-19-5-3-2-4-18(19)22(27)23-16-8-9-16/h2-7,10-11,16H,8-9,12-14H2,1H3,(H,23,27)(H,24,25). The van der Waals surface area contributed by atoms with E-state index in [1.807, 2.05) is 31.2 Å². The number of hydrogen-bond acceptors (Lipinski definition) is 5. The van der Waals surface area contributed by atoms with E-state index in [4.69, 9.17) is 9.47 Å². The average Bonchev–Trinajstić information content (AvgIpc) is 3.52. The van der Waals surface area contributed by atoms with Gasteiger partial charge < -0.3 is 20.1 Å². The first kappa shape index (κ1) is 20.4. The summed E-state index contributed by atoms with van der Waals surface area (Å²) in [6, 6.07) is 14.4. The first-order chi connectivity index (χ1) is 14.0. The van der Waals surface area contributed by atoms with Crippen LogP contribution in [0.1, 0.15) is 35.2 Å². The molecule has 0 bridgehead atoms. The third kappa shape index (κ3) is 6.64. The number of benzene rings is 2. The Morgan fingerprint density at radius 3 is 2.48 bits per heavy atom. The second kappa shape index (κ2) is 9.73.